The molecule has 88 valence electrons. The summed E-state index contributed by atoms with van der Waals surface area (Å²) in [4.78, 5) is 0. The molecule has 2 rings (SSSR count). The molecule has 1 fully saturated rings. The molecule has 0 heterocycles. The van der Waals surface area contributed by atoms with Crippen LogP contribution in [0.5, 0.6) is 0 Å². The molecule has 16 heavy (non-hydrogen) atoms. The van der Waals surface area contributed by atoms with E-state index in [1.807, 2.05) is 12.1 Å². The Bertz CT molecular complexity index is 416. The molecule has 0 amide bonds. The largest absolute Gasteiger partial charge is 0.321 e. The number of hydrogen-bond donors (Lipinski definition) is 1. The van der Waals surface area contributed by atoms with Crippen molar-refractivity contribution in [1.82, 2.24) is 0 Å². The lowest BCUT2D eigenvalue weighted by atomic mass is 9.71. The zero-order chi connectivity index (χ0) is 12.0. The predicted octanol–water partition coefficient (Wildman–Crippen LogP) is 3.95. The van der Waals surface area contributed by atoms with Crippen LogP contribution in [0.3, 0.4) is 0 Å². The summed E-state index contributed by atoms with van der Waals surface area (Å²) in [7, 11) is 0. The summed E-state index contributed by atoms with van der Waals surface area (Å²) in [6.45, 7) is 4.25. The van der Waals surface area contributed by atoms with Gasteiger partial charge in [0, 0.05) is 11.1 Å². The van der Waals surface area contributed by atoms with Crippen molar-refractivity contribution in [2.45, 2.75) is 38.6 Å². The molecule has 1 nitrogen and oxygen atoms in total. The van der Waals surface area contributed by atoms with Gasteiger partial charge in [-0.25, -0.2) is 4.39 Å². The first-order valence-corrected chi connectivity index (χ1v) is 6.41. The fourth-order valence-electron chi connectivity index (χ4n) is 2.72. The first kappa shape index (κ1) is 12.1. The van der Waals surface area contributed by atoms with Crippen molar-refractivity contribution in [3.63, 3.8) is 0 Å². The first-order valence-electron chi connectivity index (χ1n) is 5.62. The van der Waals surface area contributed by atoms with Gasteiger partial charge in [-0.3, -0.25) is 0 Å². The van der Waals surface area contributed by atoms with Crippen LogP contribution in [-0.4, -0.2) is 0 Å². The van der Waals surface area contributed by atoms with Gasteiger partial charge < -0.3 is 5.73 Å². The molecule has 1 unspecified atom stereocenters. The summed E-state index contributed by atoms with van der Waals surface area (Å²) in [5.74, 6) is -0.208. The second-order valence-electron chi connectivity index (χ2n) is 5.31. The Balaban J connectivity index is 2.55. The molecular weight excluding hydrogens is 269 g/mol. The van der Waals surface area contributed by atoms with Crippen LogP contribution in [0.15, 0.2) is 22.7 Å². The predicted molar refractivity (Wildman–Crippen MR) is 67.6 cm³/mol. The van der Waals surface area contributed by atoms with Gasteiger partial charge >= 0.3 is 0 Å². The van der Waals surface area contributed by atoms with Crippen LogP contribution in [0.2, 0.25) is 0 Å². The molecule has 3 heteroatoms. The van der Waals surface area contributed by atoms with Gasteiger partial charge in [0.05, 0.1) is 4.47 Å². The molecule has 1 aliphatic carbocycles. The molecule has 1 aromatic carbocycles. The highest BCUT2D eigenvalue weighted by Gasteiger charge is 2.48. The maximum atomic E-state index is 14.1. The van der Waals surface area contributed by atoms with E-state index < -0.39 is 5.54 Å². The smallest absolute Gasteiger partial charge is 0.142 e. The number of rotatable bonds is 1. The van der Waals surface area contributed by atoms with E-state index >= 15 is 0 Å². The van der Waals surface area contributed by atoms with Crippen LogP contribution >= 0.6 is 15.9 Å². The Hall–Kier alpha value is -0.410. The van der Waals surface area contributed by atoms with Crippen LogP contribution in [0.4, 0.5) is 4.39 Å². The van der Waals surface area contributed by atoms with Crippen molar-refractivity contribution < 1.29 is 4.39 Å². The van der Waals surface area contributed by atoms with Gasteiger partial charge in [0.2, 0.25) is 0 Å². The van der Waals surface area contributed by atoms with Gasteiger partial charge in [-0.15, -0.1) is 0 Å². The molecule has 1 saturated carbocycles. The minimum absolute atomic E-state index is 0.0470. The number of hydrogen-bond acceptors (Lipinski definition) is 1. The minimum atomic E-state index is -0.541. The molecule has 1 aromatic rings. The summed E-state index contributed by atoms with van der Waals surface area (Å²) in [6, 6.07) is 5.38. The van der Waals surface area contributed by atoms with E-state index in [9.17, 15) is 4.39 Å². The van der Waals surface area contributed by atoms with Crippen molar-refractivity contribution >= 4 is 15.9 Å². The number of benzene rings is 1. The summed E-state index contributed by atoms with van der Waals surface area (Å²) >= 11 is 3.22. The fourth-order valence-corrected chi connectivity index (χ4v) is 3.08. The average molecular weight is 286 g/mol. The lowest BCUT2D eigenvalue weighted by molar-refractivity contribution is 0.204. The molecule has 0 radical (unpaired) electrons. The van der Waals surface area contributed by atoms with E-state index in [4.69, 9.17) is 5.73 Å². The second-order valence-corrected chi connectivity index (χ2v) is 6.16. The Morgan fingerprint density at radius 3 is 2.56 bits per heavy atom. The molecule has 0 aromatic heterocycles. The van der Waals surface area contributed by atoms with Gasteiger partial charge in [-0.05, 0) is 40.3 Å². The van der Waals surface area contributed by atoms with Crippen molar-refractivity contribution in [3.05, 3.63) is 34.1 Å². The third kappa shape index (κ3) is 1.61. The average Bonchev–Trinajstić information content (AvgIpc) is 2.47. The highest BCUT2D eigenvalue weighted by atomic mass is 79.9. The van der Waals surface area contributed by atoms with Crippen molar-refractivity contribution in [3.8, 4) is 0 Å². The lowest BCUT2D eigenvalue weighted by Crippen LogP contribution is -2.46. The van der Waals surface area contributed by atoms with E-state index in [1.165, 1.54) is 0 Å². The Morgan fingerprint density at radius 2 is 2.00 bits per heavy atom. The SMILES string of the molecule is CC1(C)CCCC1(N)c1cccc(Br)c1F. The van der Waals surface area contributed by atoms with Crippen LogP contribution in [0.25, 0.3) is 0 Å². The van der Waals surface area contributed by atoms with Crippen LogP contribution in [0, 0.1) is 11.2 Å². The zero-order valence-electron chi connectivity index (χ0n) is 9.69. The van der Waals surface area contributed by atoms with E-state index in [-0.39, 0.29) is 11.2 Å². The van der Waals surface area contributed by atoms with Crippen LogP contribution in [-0.2, 0) is 5.54 Å². The second kappa shape index (κ2) is 3.81. The Morgan fingerprint density at radius 1 is 1.31 bits per heavy atom. The highest BCUT2D eigenvalue weighted by Crippen LogP contribution is 2.51. The fraction of sp³-hybridized carbons (Fsp3) is 0.538. The maximum absolute atomic E-state index is 14.1. The summed E-state index contributed by atoms with van der Waals surface area (Å²) < 4.78 is 14.6. The van der Waals surface area contributed by atoms with Gasteiger partial charge in [0.1, 0.15) is 5.82 Å². The number of halogens is 2. The zero-order valence-corrected chi connectivity index (χ0v) is 11.3. The molecular formula is C13H17BrFN. The summed E-state index contributed by atoms with van der Waals surface area (Å²) in [6.07, 6.45) is 2.97. The molecule has 2 N–H and O–H groups in total. The van der Waals surface area contributed by atoms with Gasteiger partial charge in [0.25, 0.3) is 0 Å². The van der Waals surface area contributed by atoms with Gasteiger partial charge in [-0.2, -0.15) is 0 Å². The summed E-state index contributed by atoms with van der Waals surface area (Å²) in [5.41, 5.74) is 6.52. The van der Waals surface area contributed by atoms with E-state index in [2.05, 4.69) is 29.8 Å². The molecule has 0 spiro atoms. The van der Waals surface area contributed by atoms with Gasteiger partial charge in [0.15, 0.2) is 0 Å². The Labute approximate surface area is 104 Å². The standard InChI is InChI=1S/C13H17BrFN/c1-12(2)7-4-8-13(12,16)9-5-3-6-10(14)11(9)15/h3,5-6H,4,7-8,16H2,1-2H3. The van der Waals surface area contributed by atoms with Crippen molar-refractivity contribution in [2.75, 3.05) is 0 Å². The Kier molecular flexibility index (Phi) is 2.87. The van der Waals surface area contributed by atoms with Crippen LogP contribution < -0.4 is 5.73 Å². The topological polar surface area (TPSA) is 26.0 Å². The monoisotopic (exact) mass is 285 g/mol. The van der Waals surface area contributed by atoms with E-state index in [0.717, 1.165) is 19.3 Å². The third-order valence-electron chi connectivity index (χ3n) is 4.01. The highest BCUT2D eigenvalue weighted by molar-refractivity contribution is 9.10. The normalized spacial score (nSPS) is 28.3. The maximum Gasteiger partial charge on any atom is 0.142 e. The van der Waals surface area contributed by atoms with Crippen LogP contribution in [0.1, 0.15) is 38.7 Å². The minimum Gasteiger partial charge on any atom is -0.321 e. The third-order valence-corrected chi connectivity index (χ3v) is 4.63. The molecule has 0 bridgehead atoms. The molecule has 0 aliphatic heterocycles. The first-order chi connectivity index (χ1) is 7.38. The quantitative estimate of drug-likeness (QED) is 0.831. The summed E-state index contributed by atoms with van der Waals surface area (Å²) in [5, 5.41) is 0. The van der Waals surface area contributed by atoms with Crippen molar-refractivity contribution in [2.24, 2.45) is 11.1 Å². The molecule has 0 saturated heterocycles. The lowest BCUT2D eigenvalue weighted by Gasteiger charge is -2.39. The van der Waals surface area contributed by atoms with E-state index in [0.29, 0.717) is 10.0 Å². The molecule has 1 atom stereocenters. The van der Waals surface area contributed by atoms with E-state index in [1.54, 1.807) is 6.07 Å². The molecule has 1 aliphatic rings. The van der Waals surface area contributed by atoms with Gasteiger partial charge in [-0.1, -0.05) is 32.4 Å². The number of nitrogens with two attached hydrogens (primary N) is 1. The van der Waals surface area contributed by atoms with Crippen molar-refractivity contribution in [1.29, 1.82) is 0 Å².